The minimum absolute atomic E-state index is 0.131. The van der Waals surface area contributed by atoms with E-state index in [1.165, 1.54) is 16.4 Å². The molecule has 0 bridgehead atoms. The number of rotatable bonds is 3. The first-order chi connectivity index (χ1) is 9.48. The highest BCUT2D eigenvalue weighted by Crippen LogP contribution is 2.28. The fraction of sp³-hybridized carbons (Fsp3) is 0.500. The Labute approximate surface area is 122 Å². The van der Waals surface area contributed by atoms with Crippen LogP contribution in [0.2, 0.25) is 0 Å². The number of piperidine rings is 1. The Morgan fingerprint density at radius 2 is 2.30 bits per heavy atom. The molecule has 0 spiro atoms. The highest BCUT2D eigenvalue weighted by Gasteiger charge is 2.33. The second-order valence-electron chi connectivity index (χ2n) is 4.55. The molecule has 2 heterocycles. The molecule has 0 aromatic carbocycles. The van der Waals surface area contributed by atoms with E-state index < -0.39 is 10.0 Å². The van der Waals surface area contributed by atoms with Gasteiger partial charge in [0, 0.05) is 20.1 Å². The Morgan fingerprint density at radius 1 is 1.55 bits per heavy atom. The number of nitrogens with zero attached hydrogens (tertiary/aromatic N) is 2. The molecule has 0 saturated carbocycles. The summed E-state index contributed by atoms with van der Waals surface area (Å²) in [5, 5.41) is 11.3. The smallest absolute Gasteiger partial charge is 0.252 e. The summed E-state index contributed by atoms with van der Waals surface area (Å²) in [5.41, 5.74) is 0. The van der Waals surface area contributed by atoms with E-state index in [2.05, 4.69) is 5.32 Å². The summed E-state index contributed by atoms with van der Waals surface area (Å²) in [7, 11) is -2.06. The van der Waals surface area contributed by atoms with E-state index in [1.807, 2.05) is 6.07 Å². The molecule has 1 atom stereocenters. The molecule has 0 radical (unpaired) electrons. The van der Waals surface area contributed by atoms with Gasteiger partial charge in [-0.2, -0.15) is 9.57 Å². The van der Waals surface area contributed by atoms with Gasteiger partial charge in [0.05, 0.1) is 5.92 Å². The maximum Gasteiger partial charge on any atom is 0.252 e. The van der Waals surface area contributed by atoms with Crippen LogP contribution in [-0.2, 0) is 14.8 Å². The summed E-state index contributed by atoms with van der Waals surface area (Å²) >= 11 is 0.958. The maximum absolute atomic E-state index is 12.5. The predicted octanol–water partition coefficient (Wildman–Crippen LogP) is 0.766. The van der Waals surface area contributed by atoms with Crippen LogP contribution in [0, 0.1) is 17.2 Å². The van der Waals surface area contributed by atoms with Crippen molar-refractivity contribution in [3.05, 3.63) is 17.0 Å². The van der Waals surface area contributed by atoms with Crippen LogP contribution in [0.15, 0.2) is 16.3 Å². The first-order valence-electron chi connectivity index (χ1n) is 6.20. The van der Waals surface area contributed by atoms with Gasteiger partial charge in [-0.25, -0.2) is 8.42 Å². The van der Waals surface area contributed by atoms with Gasteiger partial charge in [0.1, 0.15) is 15.2 Å². The summed E-state index contributed by atoms with van der Waals surface area (Å²) < 4.78 is 26.4. The zero-order valence-corrected chi connectivity index (χ0v) is 12.6. The second kappa shape index (κ2) is 5.91. The Kier molecular flexibility index (Phi) is 4.42. The molecule has 1 aliphatic heterocycles. The van der Waals surface area contributed by atoms with Crippen LogP contribution in [0.4, 0.5) is 0 Å². The number of hydrogen-bond donors (Lipinski definition) is 1. The van der Waals surface area contributed by atoms with Crippen LogP contribution in [-0.4, -0.2) is 38.8 Å². The van der Waals surface area contributed by atoms with Crippen molar-refractivity contribution in [3.63, 3.8) is 0 Å². The topological polar surface area (TPSA) is 90.3 Å². The van der Waals surface area contributed by atoms with E-state index in [0.717, 1.165) is 11.3 Å². The average molecular weight is 313 g/mol. The molecule has 6 nitrogen and oxygen atoms in total. The van der Waals surface area contributed by atoms with Gasteiger partial charge in [-0.15, -0.1) is 11.3 Å². The maximum atomic E-state index is 12.5. The highest BCUT2D eigenvalue weighted by molar-refractivity contribution is 7.91. The number of hydrogen-bond acceptors (Lipinski definition) is 5. The molecule has 0 aliphatic carbocycles. The fourth-order valence-electron chi connectivity index (χ4n) is 2.22. The molecule has 1 aromatic rings. The van der Waals surface area contributed by atoms with Crippen molar-refractivity contribution < 1.29 is 13.2 Å². The van der Waals surface area contributed by atoms with Crippen LogP contribution < -0.4 is 5.32 Å². The normalized spacial score (nSPS) is 20.3. The van der Waals surface area contributed by atoms with Gasteiger partial charge in [0.15, 0.2) is 0 Å². The Morgan fingerprint density at radius 3 is 2.90 bits per heavy atom. The standard InChI is InChI=1S/C12H15N3O3S2/c1-14-12(16)9-3-2-6-15(8-9)20(17,18)11-5-4-10(7-13)19-11/h4-5,9H,2-3,6,8H2,1H3,(H,14,16). The van der Waals surface area contributed by atoms with Crippen LogP contribution in [0.3, 0.4) is 0 Å². The number of sulfonamides is 1. The lowest BCUT2D eigenvalue weighted by atomic mass is 9.99. The zero-order chi connectivity index (χ0) is 14.8. The van der Waals surface area contributed by atoms with Crippen LogP contribution in [0.5, 0.6) is 0 Å². The van der Waals surface area contributed by atoms with E-state index >= 15 is 0 Å². The summed E-state index contributed by atoms with van der Waals surface area (Å²) in [6.07, 6.45) is 1.35. The molecule has 1 fully saturated rings. The molecular formula is C12H15N3O3S2. The van der Waals surface area contributed by atoms with E-state index in [4.69, 9.17) is 5.26 Å². The van der Waals surface area contributed by atoms with Crippen molar-refractivity contribution in [1.82, 2.24) is 9.62 Å². The fourth-order valence-corrected chi connectivity index (χ4v) is 5.01. The molecule has 20 heavy (non-hydrogen) atoms. The number of nitriles is 1. The Bertz CT molecular complexity index is 645. The molecule has 1 saturated heterocycles. The third-order valence-corrected chi connectivity index (χ3v) is 6.61. The molecule has 1 amide bonds. The zero-order valence-electron chi connectivity index (χ0n) is 11.0. The number of carbonyl (C=O) groups is 1. The number of amides is 1. The molecule has 1 aromatic heterocycles. The summed E-state index contributed by atoms with van der Waals surface area (Å²) in [4.78, 5) is 12.0. The van der Waals surface area contributed by atoms with Crippen molar-refractivity contribution in [3.8, 4) is 6.07 Å². The summed E-state index contributed by atoms with van der Waals surface area (Å²) in [5.74, 6) is -0.437. The summed E-state index contributed by atoms with van der Waals surface area (Å²) in [6, 6.07) is 4.87. The average Bonchev–Trinajstić information content (AvgIpc) is 2.96. The van der Waals surface area contributed by atoms with Gasteiger partial charge in [-0.1, -0.05) is 0 Å². The van der Waals surface area contributed by atoms with Crippen molar-refractivity contribution in [2.45, 2.75) is 17.1 Å². The minimum Gasteiger partial charge on any atom is -0.359 e. The van der Waals surface area contributed by atoms with E-state index in [9.17, 15) is 13.2 Å². The first kappa shape index (κ1) is 15.0. The second-order valence-corrected chi connectivity index (χ2v) is 7.80. The lowest BCUT2D eigenvalue weighted by Crippen LogP contribution is -2.44. The Balaban J connectivity index is 2.21. The first-order valence-corrected chi connectivity index (χ1v) is 8.46. The van der Waals surface area contributed by atoms with Gasteiger partial charge in [0.25, 0.3) is 10.0 Å². The van der Waals surface area contributed by atoms with Gasteiger partial charge < -0.3 is 5.32 Å². The largest absolute Gasteiger partial charge is 0.359 e. The molecule has 1 unspecified atom stereocenters. The number of thiophene rings is 1. The number of carbonyl (C=O) groups excluding carboxylic acids is 1. The number of nitrogens with one attached hydrogen (secondary N) is 1. The molecule has 8 heteroatoms. The molecule has 1 aliphatic rings. The predicted molar refractivity (Wildman–Crippen MR) is 74.6 cm³/mol. The van der Waals surface area contributed by atoms with Crippen molar-refractivity contribution in [2.75, 3.05) is 20.1 Å². The van der Waals surface area contributed by atoms with Crippen molar-refractivity contribution in [2.24, 2.45) is 5.92 Å². The highest BCUT2D eigenvalue weighted by atomic mass is 32.2. The monoisotopic (exact) mass is 313 g/mol. The third-order valence-electron chi connectivity index (χ3n) is 3.29. The summed E-state index contributed by atoms with van der Waals surface area (Å²) in [6.45, 7) is 0.609. The van der Waals surface area contributed by atoms with Gasteiger partial charge in [-0.3, -0.25) is 4.79 Å². The molecular weight excluding hydrogens is 298 g/mol. The quantitative estimate of drug-likeness (QED) is 0.892. The lowest BCUT2D eigenvalue weighted by Gasteiger charge is -2.30. The van der Waals surface area contributed by atoms with Gasteiger partial charge in [-0.05, 0) is 25.0 Å². The van der Waals surface area contributed by atoms with E-state index in [-0.39, 0.29) is 22.6 Å². The SMILES string of the molecule is CNC(=O)C1CCCN(S(=O)(=O)c2ccc(C#N)s2)C1. The molecule has 108 valence electrons. The van der Waals surface area contributed by atoms with Crippen LogP contribution in [0.1, 0.15) is 17.7 Å². The molecule has 1 N–H and O–H groups in total. The van der Waals surface area contributed by atoms with Gasteiger partial charge in [0.2, 0.25) is 5.91 Å². The third kappa shape index (κ3) is 2.85. The van der Waals surface area contributed by atoms with E-state index in [1.54, 1.807) is 7.05 Å². The van der Waals surface area contributed by atoms with E-state index in [0.29, 0.717) is 24.3 Å². The lowest BCUT2D eigenvalue weighted by molar-refractivity contribution is -0.125. The van der Waals surface area contributed by atoms with Gasteiger partial charge >= 0.3 is 0 Å². The minimum atomic E-state index is -3.61. The van der Waals surface area contributed by atoms with Crippen molar-refractivity contribution in [1.29, 1.82) is 5.26 Å². The van der Waals surface area contributed by atoms with Crippen LogP contribution >= 0.6 is 11.3 Å². The van der Waals surface area contributed by atoms with Crippen molar-refractivity contribution >= 4 is 27.3 Å². The Hall–Kier alpha value is -1.43. The van der Waals surface area contributed by atoms with Crippen LogP contribution in [0.25, 0.3) is 0 Å². The molecule has 2 rings (SSSR count).